The molecule has 0 unspecified atom stereocenters. The number of alkyl halides is 7. The molecule has 0 aromatic carbocycles. The van der Waals surface area contributed by atoms with Crippen molar-refractivity contribution in [1.29, 1.82) is 0 Å². The van der Waals surface area contributed by atoms with Crippen LogP contribution >= 0.6 is 0 Å². The van der Waals surface area contributed by atoms with Crippen LogP contribution in [0, 0.1) is 0 Å². The third-order valence-electron chi connectivity index (χ3n) is 2.06. The van der Waals surface area contributed by atoms with E-state index in [-0.39, 0.29) is 6.42 Å². The molecule has 0 heterocycles. The molecule has 1 atom stereocenters. The highest BCUT2D eigenvalue weighted by molar-refractivity contribution is 5.60. The third kappa shape index (κ3) is 4.43. The molecule has 0 aromatic heterocycles. The van der Waals surface area contributed by atoms with Crippen molar-refractivity contribution in [3.05, 3.63) is 0 Å². The summed E-state index contributed by atoms with van der Waals surface area (Å²) in [6.07, 6.45) is -8.67. The van der Waals surface area contributed by atoms with Crippen molar-refractivity contribution in [3.63, 3.8) is 0 Å². The van der Waals surface area contributed by atoms with Crippen LogP contribution in [0.5, 0.6) is 0 Å². The topological polar surface area (TPSA) is 35.5 Å². The van der Waals surface area contributed by atoms with Crippen molar-refractivity contribution in [2.45, 2.75) is 44.4 Å². The first-order valence-electron chi connectivity index (χ1n) is 5.01. The Morgan fingerprint density at radius 2 is 1.58 bits per heavy atom. The lowest BCUT2D eigenvalue weighted by Crippen LogP contribution is -2.54. The van der Waals surface area contributed by atoms with Gasteiger partial charge in [0.2, 0.25) is 0 Å². The molecule has 10 heteroatoms. The second-order valence-electron chi connectivity index (χ2n) is 3.65. The number of carbonyl (C=O) groups is 1. The van der Waals surface area contributed by atoms with Gasteiger partial charge in [-0.25, -0.2) is 4.79 Å². The van der Waals surface area contributed by atoms with Crippen molar-refractivity contribution in [2.24, 2.45) is 0 Å². The Morgan fingerprint density at radius 1 is 1.11 bits per heavy atom. The number of hydrogen-bond acceptors (Lipinski definition) is 3. The summed E-state index contributed by atoms with van der Waals surface area (Å²) in [5, 5.41) is 0. The van der Waals surface area contributed by atoms with Crippen LogP contribution < -0.4 is 0 Å². The molecule has 0 aromatic rings. The van der Waals surface area contributed by atoms with Crippen LogP contribution in [0.4, 0.5) is 35.5 Å². The van der Waals surface area contributed by atoms with Gasteiger partial charge in [-0.05, 0) is 13.3 Å². The molecule has 0 spiro atoms. The van der Waals surface area contributed by atoms with Gasteiger partial charge >= 0.3 is 24.2 Å². The van der Waals surface area contributed by atoms with E-state index in [4.69, 9.17) is 0 Å². The Balaban J connectivity index is 4.59. The minimum atomic E-state index is -6.46. The highest BCUT2D eigenvalue weighted by Gasteiger charge is 2.73. The van der Waals surface area contributed by atoms with Crippen molar-refractivity contribution in [3.8, 4) is 0 Å². The molecular formula is C9H11F7O3. The average molecular weight is 300 g/mol. The van der Waals surface area contributed by atoms with Crippen molar-refractivity contribution in [2.75, 3.05) is 6.61 Å². The average Bonchev–Trinajstić information content (AvgIpc) is 2.24. The quantitative estimate of drug-likeness (QED) is 0.572. The Labute approximate surface area is 103 Å². The van der Waals surface area contributed by atoms with E-state index in [1.54, 1.807) is 6.92 Å². The van der Waals surface area contributed by atoms with E-state index in [0.29, 0.717) is 0 Å². The van der Waals surface area contributed by atoms with Crippen LogP contribution in [0.15, 0.2) is 0 Å². The van der Waals surface area contributed by atoms with E-state index in [1.165, 1.54) is 6.92 Å². The van der Waals surface area contributed by atoms with E-state index in [2.05, 4.69) is 9.47 Å². The van der Waals surface area contributed by atoms with Crippen LogP contribution in [-0.2, 0) is 9.47 Å². The molecule has 114 valence electrons. The van der Waals surface area contributed by atoms with Crippen molar-refractivity contribution >= 4 is 6.16 Å². The maximum Gasteiger partial charge on any atom is 0.508 e. The number of ether oxygens (including phenoxy) is 2. The van der Waals surface area contributed by atoms with Gasteiger partial charge in [0.05, 0.1) is 0 Å². The van der Waals surface area contributed by atoms with Gasteiger partial charge in [0.1, 0.15) is 6.10 Å². The van der Waals surface area contributed by atoms with Gasteiger partial charge in [-0.15, -0.1) is 0 Å². The van der Waals surface area contributed by atoms with E-state index >= 15 is 0 Å². The fourth-order valence-corrected chi connectivity index (χ4v) is 0.729. The normalized spacial score (nSPS) is 15.0. The lowest BCUT2D eigenvalue weighted by molar-refractivity contribution is -0.359. The summed E-state index contributed by atoms with van der Waals surface area (Å²) >= 11 is 0. The Bertz CT molecular complexity index is 313. The summed E-state index contributed by atoms with van der Waals surface area (Å²) in [6, 6.07) is 0. The zero-order valence-corrected chi connectivity index (χ0v) is 9.86. The van der Waals surface area contributed by atoms with E-state index in [9.17, 15) is 35.5 Å². The Hall–Kier alpha value is -1.22. The second kappa shape index (κ2) is 5.83. The van der Waals surface area contributed by atoms with Crippen LogP contribution in [-0.4, -0.2) is 36.9 Å². The number of rotatable bonds is 5. The molecule has 0 rings (SSSR count). The van der Waals surface area contributed by atoms with Crippen molar-refractivity contribution < 1.29 is 45.0 Å². The predicted octanol–water partition coefficient (Wildman–Crippen LogP) is 3.77. The molecule has 0 bridgehead atoms. The summed E-state index contributed by atoms with van der Waals surface area (Å²) in [7, 11) is 0. The lowest BCUT2D eigenvalue weighted by atomic mass is 10.2. The van der Waals surface area contributed by atoms with E-state index in [1.807, 2.05) is 0 Å². The SMILES string of the molecule is CC[C@@H](C)OC(=O)OCC(F)(F)C(F)(F)C(F)(F)F. The van der Waals surface area contributed by atoms with E-state index in [0.717, 1.165) is 0 Å². The molecule has 19 heavy (non-hydrogen) atoms. The van der Waals surface area contributed by atoms with Gasteiger partial charge in [-0.1, -0.05) is 6.92 Å². The number of halogens is 7. The van der Waals surface area contributed by atoms with Gasteiger partial charge in [0.15, 0.2) is 6.61 Å². The minimum Gasteiger partial charge on any atom is -0.431 e. The Kier molecular flexibility index (Phi) is 5.45. The molecule has 0 radical (unpaired) electrons. The minimum absolute atomic E-state index is 0.282. The third-order valence-corrected chi connectivity index (χ3v) is 2.06. The highest BCUT2D eigenvalue weighted by atomic mass is 19.4. The zero-order chi connectivity index (χ0) is 15.5. The largest absolute Gasteiger partial charge is 0.508 e. The van der Waals surface area contributed by atoms with Gasteiger partial charge in [0, 0.05) is 0 Å². The maximum atomic E-state index is 12.7. The fourth-order valence-electron chi connectivity index (χ4n) is 0.729. The van der Waals surface area contributed by atoms with Crippen molar-refractivity contribution in [1.82, 2.24) is 0 Å². The number of carbonyl (C=O) groups excluding carboxylic acids is 1. The molecule has 0 N–H and O–H groups in total. The van der Waals surface area contributed by atoms with Gasteiger partial charge in [0.25, 0.3) is 0 Å². The predicted molar refractivity (Wildman–Crippen MR) is 48.1 cm³/mol. The molecule has 0 aliphatic carbocycles. The highest BCUT2D eigenvalue weighted by Crippen LogP contribution is 2.46. The summed E-state index contributed by atoms with van der Waals surface area (Å²) in [6.45, 7) is 0.475. The first kappa shape index (κ1) is 17.8. The standard InChI is InChI=1S/C9H11F7O3/c1-3-5(2)19-6(17)18-4-7(10,11)8(12,13)9(14,15)16/h5H,3-4H2,1-2H3/t5-/m1/s1. The maximum absolute atomic E-state index is 12.7. The lowest BCUT2D eigenvalue weighted by Gasteiger charge is -2.27. The molecule has 3 nitrogen and oxygen atoms in total. The molecule has 0 amide bonds. The fraction of sp³-hybridized carbons (Fsp3) is 0.889. The molecule has 0 saturated heterocycles. The summed E-state index contributed by atoms with van der Waals surface area (Å²) < 4.78 is 93.1. The summed E-state index contributed by atoms with van der Waals surface area (Å²) in [4.78, 5) is 10.7. The van der Waals surface area contributed by atoms with Gasteiger partial charge < -0.3 is 9.47 Å². The van der Waals surface area contributed by atoms with Gasteiger partial charge in [-0.3, -0.25) is 0 Å². The summed E-state index contributed by atoms with van der Waals surface area (Å²) in [5.41, 5.74) is 0. The molecular weight excluding hydrogens is 289 g/mol. The van der Waals surface area contributed by atoms with Crippen LogP contribution in [0.3, 0.4) is 0 Å². The van der Waals surface area contributed by atoms with Crippen LogP contribution in [0.2, 0.25) is 0 Å². The van der Waals surface area contributed by atoms with Crippen LogP contribution in [0.1, 0.15) is 20.3 Å². The summed E-state index contributed by atoms with van der Waals surface area (Å²) in [5.74, 6) is -11.9. The first-order valence-corrected chi connectivity index (χ1v) is 5.01. The van der Waals surface area contributed by atoms with Crippen LogP contribution in [0.25, 0.3) is 0 Å². The molecule has 0 saturated carbocycles. The molecule has 0 fully saturated rings. The molecule has 0 aliphatic rings. The molecule has 0 aliphatic heterocycles. The van der Waals surface area contributed by atoms with E-state index < -0.39 is 36.9 Å². The monoisotopic (exact) mass is 300 g/mol. The van der Waals surface area contributed by atoms with Gasteiger partial charge in [-0.2, -0.15) is 30.7 Å². The second-order valence-corrected chi connectivity index (χ2v) is 3.65. The smallest absolute Gasteiger partial charge is 0.431 e. The Morgan fingerprint density at radius 3 is 1.95 bits per heavy atom. The number of hydrogen-bond donors (Lipinski definition) is 0. The zero-order valence-electron chi connectivity index (χ0n) is 9.86. The first-order chi connectivity index (χ1) is 8.35.